The summed E-state index contributed by atoms with van der Waals surface area (Å²) >= 11 is 1.19. The van der Waals surface area contributed by atoms with Gasteiger partial charge in [-0.2, -0.15) is 0 Å². The molecule has 2 aliphatic rings. The zero-order chi connectivity index (χ0) is 29.2. The Bertz CT molecular complexity index is 939. The van der Waals surface area contributed by atoms with Gasteiger partial charge in [-0.15, -0.1) is 17.7 Å². The number of aliphatic hydroxyl groups is 3. The molecule has 0 aromatic heterocycles. The molecule has 0 radical (unpaired) electrons. The van der Waals surface area contributed by atoms with Crippen molar-refractivity contribution in [3.63, 3.8) is 0 Å². The first-order valence-electron chi connectivity index (χ1n) is 14.1. The van der Waals surface area contributed by atoms with Crippen LogP contribution in [0.15, 0.2) is 23.1 Å². The Morgan fingerprint density at radius 1 is 1.26 bits per heavy atom. The van der Waals surface area contributed by atoms with Gasteiger partial charge in [-0.1, -0.05) is 57.8 Å². The van der Waals surface area contributed by atoms with Crippen LogP contribution in [0.5, 0.6) is 0 Å². The highest BCUT2D eigenvalue weighted by Crippen LogP contribution is 2.49. The average Bonchev–Trinajstić information content (AvgIpc) is 3.52. The number of thioether (sulfide) groups is 1. The molecule has 9 heteroatoms. The van der Waals surface area contributed by atoms with E-state index in [1.807, 2.05) is 12.2 Å². The van der Waals surface area contributed by atoms with Crippen LogP contribution >= 0.6 is 11.8 Å². The Kier molecular flexibility index (Phi) is 13.5. The number of aliphatic hydroxyl groups excluding tert-OH is 3. The lowest BCUT2D eigenvalue weighted by Gasteiger charge is -2.49. The van der Waals surface area contributed by atoms with Crippen LogP contribution in [0.25, 0.3) is 0 Å². The number of allylic oxidation sites excluding steroid dienone is 3. The lowest BCUT2D eigenvalue weighted by Crippen LogP contribution is -2.51. The molecule has 220 valence electrons. The topological polar surface area (TPSA) is 113 Å². The number of unbranched alkanes of at least 4 members (excludes halogenated alkanes) is 1. The predicted molar refractivity (Wildman–Crippen MR) is 159 cm³/mol. The maximum absolute atomic E-state index is 13.5. The smallest absolute Gasteiger partial charge is 0.305 e. The molecule has 5 atom stereocenters. The van der Waals surface area contributed by atoms with Gasteiger partial charge in [-0.3, -0.25) is 9.59 Å². The summed E-state index contributed by atoms with van der Waals surface area (Å²) in [6.07, 6.45) is 9.68. The van der Waals surface area contributed by atoms with Crippen molar-refractivity contribution >= 4 is 32.6 Å². The van der Waals surface area contributed by atoms with Crippen LogP contribution < -0.4 is 0 Å². The van der Waals surface area contributed by atoms with Gasteiger partial charge in [0.25, 0.3) is 0 Å². The number of hydrogen-bond acceptors (Lipinski definition) is 8. The van der Waals surface area contributed by atoms with Gasteiger partial charge in [0.15, 0.2) is 14.8 Å². The van der Waals surface area contributed by atoms with Crippen molar-refractivity contribution < 1.29 is 34.1 Å². The van der Waals surface area contributed by atoms with Crippen LogP contribution in [0.3, 0.4) is 0 Å². The summed E-state index contributed by atoms with van der Waals surface area (Å²) in [6, 6.07) is 0. The third-order valence-electron chi connectivity index (χ3n) is 7.58. The van der Waals surface area contributed by atoms with E-state index < -0.39 is 32.8 Å². The van der Waals surface area contributed by atoms with Crippen LogP contribution in [0, 0.1) is 35.0 Å². The number of carbonyl (C=O) groups is 2. The van der Waals surface area contributed by atoms with Gasteiger partial charge in [-0.05, 0) is 43.7 Å². The average molecular weight is 581 g/mol. The molecule has 3 N–H and O–H groups in total. The molecule has 0 bridgehead atoms. The summed E-state index contributed by atoms with van der Waals surface area (Å²) in [5, 5.41) is 30.1. The minimum Gasteiger partial charge on any atom is -0.469 e. The van der Waals surface area contributed by atoms with Crippen molar-refractivity contribution in [2.45, 2.75) is 96.6 Å². The summed E-state index contributed by atoms with van der Waals surface area (Å²) < 4.78 is 11.5. The lowest BCUT2D eigenvalue weighted by molar-refractivity contribution is -0.140. The summed E-state index contributed by atoms with van der Waals surface area (Å²) in [5.41, 5.74) is -0.642. The van der Waals surface area contributed by atoms with Crippen LogP contribution in [-0.2, 0) is 18.8 Å². The van der Waals surface area contributed by atoms with Gasteiger partial charge in [0.1, 0.15) is 6.10 Å². The minimum atomic E-state index is -1.43. The van der Waals surface area contributed by atoms with E-state index in [1.165, 1.54) is 31.7 Å². The van der Waals surface area contributed by atoms with Gasteiger partial charge < -0.3 is 24.5 Å². The largest absolute Gasteiger partial charge is 0.469 e. The fourth-order valence-corrected chi connectivity index (χ4v) is 8.00. The lowest BCUT2D eigenvalue weighted by atomic mass is 9.67. The molecule has 0 aliphatic heterocycles. The van der Waals surface area contributed by atoms with Gasteiger partial charge in [0.2, 0.25) is 0 Å². The summed E-state index contributed by atoms with van der Waals surface area (Å²) in [4.78, 5) is 25.3. The molecule has 0 heterocycles. The monoisotopic (exact) mass is 580 g/mol. The maximum Gasteiger partial charge on any atom is 0.305 e. The fourth-order valence-electron chi connectivity index (χ4n) is 5.59. The van der Waals surface area contributed by atoms with Gasteiger partial charge in [0.05, 0.1) is 31.3 Å². The molecule has 7 nitrogen and oxygen atoms in total. The molecule has 2 rings (SSSR count). The highest BCUT2D eigenvalue weighted by molar-refractivity contribution is 8.04. The molecule has 0 spiro atoms. The zero-order valence-electron chi connectivity index (χ0n) is 24.4. The first-order valence-corrected chi connectivity index (χ1v) is 17.9. The van der Waals surface area contributed by atoms with Crippen molar-refractivity contribution in [2.24, 2.45) is 23.2 Å². The standard InChI is InChI=1S/C30H48O7SSi/c1-29(2,3)30(37-39(5)6,22-12-10-11-13-22)17-16-21-18-25(38-20-23(32)19-31)28(35)27(21)24(33)14-8-7-9-15-26(34)36-4/h16-18,21-24,27,31-33,39H,7,9-13,15,19-20H2,1-6H3. The van der Waals surface area contributed by atoms with E-state index in [1.54, 1.807) is 0 Å². The number of methoxy groups -OCH3 is 1. The van der Waals surface area contributed by atoms with Crippen molar-refractivity contribution in [1.29, 1.82) is 0 Å². The molecule has 0 aromatic rings. The zero-order valence-corrected chi connectivity index (χ0v) is 26.4. The number of Topliss-reactive ketones (excluding diaryl/α,β-unsaturated/α-hetero) is 1. The van der Waals surface area contributed by atoms with Crippen molar-refractivity contribution in [1.82, 2.24) is 0 Å². The third-order valence-corrected chi connectivity index (χ3v) is 9.64. The van der Waals surface area contributed by atoms with Crippen LogP contribution in [0.1, 0.15) is 65.7 Å². The Labute approximate surface area is 240 Å². The summed E-state index contributed by atoms with van der Waals surface area (Å²) in [7, 11) is -0.0877. The number of ether oxygens (including phenoxy) is 1. The molecule has 0 aromatic carbocycles. The number of hydrogen-bond donors (Lipinski definition) is 3. The second kappa shape index (κ2) is 15.5. The molecule has 0 amide bonds. The second-order valence-electron chi connectivity index (χ2n) is 11.9. The fraction of sp³-hybridized carbons (Fsp3) is 0.733. The quantitative estimate of drug-likeness (QED) is 0.0985. The Hall–Kier alpha value is -1.41. The van der Waals surface area contributed by atoms with Crippen molar-refractivity contribution in [3.05, 3.63) is 23.1 Å². The number of rotatable bonds is 13. The molecular weight excluding hydrogens is 532 g/mol. The van der Waals surface area contributed by atoms with Crippen LogP contribution in [0.2, 0.25) is 13.1 Å². The molecular formula is C30H48O7SSi. The van der Waals surface area contributed by atoms with E-state index >= 15 is 0 Å². The van der Waals surface area contributed by atoms with Gasteiger partial charge in [-0.25, -0.2) is 0 Å². The number of carbonyl (C=O) groups excluding carboxylic acids is 2. The van der Waals surface area contributed by atoms with E-state index in [4.69, 9.17) is 4.43 Å². The van der Waals surface area contributed by atoms with Gasteiger partial charge in [0, 0.05) is 29.4 Å². The molecule has 1 fully saturated rings. The first-order chi connectivity index (χ1) is 18.4. The van der Waals surface area contributed by atoms with Gasteiger partial charge >= 0.3 is 5.97 Å². The van der Waals surface area contributed by atoms with Crippen molar-refractivity contribution in [2.75, 3.05) is 19.5 Å². The summed E-state index contributed by atoms with van der Waals surface area (Å²) in [5.74, 6) is 4.64. The molecule has 39 heavy (non-hydrogen) atoms. The van der Waals surface area contributed by atoms with E-state index in [0.717, 1.165) is 12.8 Å². The molecule has 1 saturated carbocycles. The number of esters is 1. The van der Waals surface area contributed by atoms with Crippen molar-refractivity contribution in [3.8, 4) is 11.8 Å². The first kappa shape index (κ1) is 33.8. The summed E-state index contributed by atoms with van der Waals surface area (Å²) in [6.45, 7) is 10.6. The normalized spacial score (nSPS) is 23.4. The maximum atomic E-state index is 13.5. The Morgan fingerprint density at radius 3 is 2.49 bits per heavy atom. The predicted octanol–water partition coefficient (Wildman–Crippen LogP) is 4.01. The number of ketones is 1. The molecule has 0 saturated heterocycles. The highest BCUT2D eigenvalue weighted by Gasteiger charge is 2.49. The van der Waals surface area contributed by atoms with E-state index in [9.17, 15) is 24.9 Å². The Balaban J connectivity index is 2.38. The minimum absolute atomic E-state index is 0.168. The van der Waals surface area contributed by atoms with E-state index in [2.05, 4.69) is 56.5 Å². The SMILES string of the molecule is COC(=O)CCCC#CC(O)C1C(=O)C(SCC(O)CO)=CC1C=CC(O[SiH](C)C)(C1CCCC1)C(C)(C)C. The van der Waals surface area contributed by atoms with E-state index in [-0.39, 0.29) is 41.9 Å². The molecule has 2 aliphatic carbocycles. The third kappa shape index (κ3) is 9.30. The molecule has 5 unspecified atom stereocenters. The highest BCUT2D eigenvalue weighted by atomic mass is 32.2. The second-order valence-corrected chi connectivity index (χ2v) is 15.3. The Morgan fingerprint density at radius 2 is 1.92 bits per heavy atom. The van der Waals surface area contributed by atoms with Crippen LogP contribution in [0.4, 0.5) is 0 Å². The van der Waals surface area contributed by atoms with Crippen LogP contribution in [-0.4, -0.2) is 73.4 Å². The van der Waals surface area contributed by atoms with E-state index in [0.29, 0.717) is 23.7 Å².